The Morgan fingerprint density at radius 1 is 0.963 bits per heavy atom. The molecular weight excluding hydrogens is 340 g/mol. The fourth-order valence-corrected chi connectivity index (χ4v) is 2.80. The summed E-state index contributed by atoms with van der Waals surface area (Å²) < 4.78 is 5.83. The van der Waals surface area contributed by atoms with Crippen molar-refractivity contribution in [3.8, 4) is 11.5 Å². The molecule has 0 spiro atoms. The predicted octanol–water partition coefficient (Wildman–Crippen LogP) is 4.70. The van der Waals surface area contributed by atoms with E-state index in [9.17, 15) is 9.90 Å². The van der Waals surface area contributed by atoms with Gasteiger partial charge in [-0.15, -0.1) is 0 Å². The van der Waals surface area contributed by atoms with E-state index in [1.165, 1.54) is 12.1 Å². The van der Waals surface area contributed by atoms with Gasteiger partial charge in [-0.25, -0.2) is 0 Å². The summed E-state index contributed by atoms with van der Waals surface area (Å²) in [5.41, 5.74) is 3.00. The minimum absolute atomic E-state index is 0.154. The average Bonchev–Trinajstić information content (AvgIpc) is 3.12. The number of hydrogen-bond donors (Lipinski definition) is 3. The topological polar surface area (TPSA) is 74.3 Å². The van der Waals surface area contributed by atoms with E-state index in [1.807, 2.05) is 48.5 Å². The number of amides is 1. The number of fused-ring (bicyclic) bond motifs is 1. The number of carbonyl (C=O) groups excluding carboxylic acids is 1. The van der Waals surface area contributed by atoms with Crippen LogP contribution in [0.2, 0.25) is 0 Å². The first-order valence-corrected chi connectivity index (χ1v) is 8.57. The maximum atomic E-state index is 12.4. The smallest absolute Gasteiger partial charge is 0.272 e. The summed E-state index contributed by atoms with van der Waals surface area (Å²) in [7, 11) is 0. The van der Waals surface area contributed by atoms with Crippen LogP contribution in [0.1, 0.15) is 16.1 Å². The van der Waals surface area contributed by atoms with E-state index in [0.29, 0.717) is 18.0 Å². The molecule has 0 radical (unpaired) electrons. The molecule has 0 bridgehead atoms. The Bertz CT molecular complexity index is 1070. The van der Waals surface area contributed by atoms with Crippen LogP contribution in [-0.2, 0) is 6.61 Å². The zero-order valence-electron chi connectivity index (χ0n) is 14.5. The van der Waals surface area contributed by atoms with Crippen LogP contribution in [0.25, 0.3) is 10.9 Å². The summed E-state index contributed by atoms with van der Waals surface area (Å²) >= 11 is 0. The van der Waals surface area contributed by atoms with Crippen LogP contribution in [0, 0.1) is 0 Å². The molecule has 0 aliphatic rings. The number of aromatic nitrogens is 1. The molecule has 0 fully saturated rings. The molecule has 3 N–H and O–H groups in total. The number of phenolic OH excluding ortho intramolecular Hbond substituents is 1. The van der Waals surface area contributed by atoms with Crippen LogP contribution >= 0.6 is 0 Å². The first-order chi connectivity index (χ1) is 13.2. The third-order valence-corrected chi connectivity index (χ3v) is 4.21. The Morgan fingerprint density at radius 3 is 2.52 bits per heavy atom. The summed E-state index contributed by atoms with van der Waals surface area (Å²) in [6.07, 6.45) is 0. The van der Waals surface area contributed by atoms with Crippen molar-refractivity contribution in [2.45, 2.75) is 6.61 Å². The van der Waals surface area contributed by atoms with Crippen molar-refractivity contribution >= 4 is 22.5 Å². The molecule has 4 aromatic rings. The molecule has 5 heteroatoms. The Hall–Kier alpha value is -3.73. The number of aromatic amines is 1. The molecule has 0 aliphatic heterocycles. The highest BCUT2D eigenvalue weighted by Crippen LogP contribution is 2.23. The lowest BCUT2D eigenvalue weighted by molar-refractivity contribution is 0.102. The van der Waals surface area contributed by atoms with Crippen molar-refractivity contribution in [2.24, 2.45) is 0 Å². The number of phenols is 1. The average molecular weight is 358 g/mol. The lowest BCUT2D eigenvalue weighted by Gasteiger charge is -2.06. The number of hydrogen-bond acceptors (Lipinski definition) is 3. The summed E-state index contributed by atoms with van der Waals surface area (Å²) in [5.74, 6) is 0.643. The van der Waals surface area contributed by atoms with Gasteiger partial charge in [-0.1, -0.05) is 30.3 Å². The van der Waals surface area contributed by atoms with Crippen LogP contribution in [0.4, 0.5) is 5.69 Å². The fraction of sp³-hybridized carbons (Fsp3) is 0.0455. The largest absolute Gasteiger partial charge is 0.508 e. The van der Waals surface area contributed by atoms with E-state index in [2.05, 4.69) is 10.3 Å². The number of nitrogens with one attached hydrogen (secondary N) is 2. The second-order valence-electron chi connectivity index (χ2n) is 6.21. The van der Waals surface area contributed by atoms with Gasteiger partial charge in [0.2, 0.25) is 0 Å². The molecule has 134 valence electrons. The van der Waals surface area contributed by atoms with Gasteiger partial charge in [0.25, 0.3) is 5.91 Å². The van der Waals surface area contributed by atoms with Crippen molar-refractivity contribution < 1.29 is 14.6 Å². The first kappa shape index (κ1) is 16.7. The van der Waals surface area contributed by atoms with Crippen molar-refractivity contribution in [1.29, 1.82) is 0 Å². The van der Waals surface area contributed by atoms with Gasteiger partial charge in [0.1, 0.15) is 23.8 Å². The molecule has 0 saturated carbocycles. The Kier molecular flexibility index (Phi) is 4.49. The van der Waals surface area contributed by atoms with Gasteiger partial charge in [-0.2, -0.15) is 0 Å². The minimum atomic E-state index is -0.247. The molecule has 0 unspecified atom stereocenters. The van der Waals surface area contributed by atoms with Gasteiger partial charge >= 0.3 is 0 Å². The molecule has 4 rings (SSSR count). The molecule has 3 aromatic carbocycles. The molecule has 1 aromatic heterocycles. The highest BCUT2D eigenvalue weighted by Gasteiger charge is 2.10. The van der Waals surface area contributed by atoms with Gasteiger partial charge in [0.05, 0.1) is 0 Å². The molecule has 27 heavy (non-hydrogen) atoms. The normalized spacial score (nSPS) is 10.7. The summed E-state index contributed by atoms with van der Waals surface area (Å²) in [6.45, 7) is 0.487. The number of benzene rings is 3. The highest BCUT2D eigenvalue weighted by molar-refractivity contribution is 6.06. The van der Waals surface area contributed by atoms with E-state index in [0.717, 1.165) is 22.2 Å². The third-order valence-electron chi connectivity index (χ3n) is 4.21. The molecule has 1 amide bonds. The van der Waals surface area contributed by atoms with Crippen LogP contribution in [0.15, 0.2) is 78.9 Å². The lowest BCUT2D eigenvalue weighted by atomic mass is 10.2. The number of ether oxygens (including phenoxy) is 1. The molecule has 0 aliphatic carbocycles. The van der Waals surface area contributed by atoms with Crippen molar-refractivity contribution in [3.05, 3.63) is 90.1 Å². The van der Waals surface area contributed by atoms with E-state index in [4.69, 9.17) is 4.74 Å². The maximum Gasteiger partial charge on any atom is 0.272 e. The van der Waals surface area contributed by atoms with Gasteiger partial charge in [0, 0.05) is 22.7 Å². The van der Waals surface area contributed by atoms with E-state index in [-0.39, 0.29) is 11.7 Å². The number of anilines is 1. The van der Waals surface area contributed by atoms with Crippen LogP contribution in [-0.4, -0.2) is 16.0 Å². The standard InChI is InChI=1S/C22H18N2O3/c25-18-9-7-17(8-10-18)23-22(26)21-12-16-6-11-19(13-20(16)24-21)27-14-15-4-2-1-3-5-15/h1-13,24-25H,14H2,(H,23,26). The number of aromatic hydroxyl groups is 1. The van der Waals surface area contributed by atoms with Crippen LogP contribution < -0.4 is 10.1 Å². The monoisotopic (exact) mass is 358 g/mol. The van der Waals surface area contributed by atoms with E-state index >= 15 is 0 Å². The highest BCUT2D eigenvalue weighted by atomic mass is 16.5. The number of rotatable bonds is 5. The zero-order valence-corrected chi connectivity index (χ0v) is 14.5. The van der Waals surface area contributed by atoms with Gasteiger partial charge in [-0.05, 0) is 48.0 Å². The Balaban J connectivity index is 1.48. The second-order valence-corrected chi connectivity index (χ2v) is 6.21. The maximum absolute atomic E-state index is 12.4. The van der Waals surface area contributed by atoms with E-state index in [1.54, 1.807) is 18.2 Å². The van der Waals surface area contributed by atoms with Gasteiger partial charge in [0.15, 0.2) is 0 Å². The summed E-state index contributed by atoms with van der Waals surface area (Å²) in [6, 6.07) is 23.8. The Labute approximate surface area is 156 Å². The Morgan fingerprint density at radius 2 is 1.74 bits per heavy atom. The van der Waals surface area contributed by atoms with Crippen molar-refractivity contribution in [2.75, 3.05) is 5.32 Å². The van der Waals surface area contributed by atoms with Crippen molar-refractivity contribution in [3.63, 3.8) is 0 Å². The third kappa shape index (κ3) is 3.93. The number of H-pyrrole nitrogens is 1. The minimum Gasteiger partial charge on any atom is -0.508 e. The molecular formula is C22H18N2O3. The quantitative estimate of drug-likeness (QED) is 0.453. The summed E-state index contributed by atoms with van der Waals surface area (Å²) in [4.78, 5) is 15.6. The fourth-order valence-electron chi connectivity index (χ4n) is 2.80. The number of carbonyl (C=O) groups is 1. The van der Waals surface area contributed by atoms with Crippen molar-refractivity contribution in [1.82, 2.24) is 4.98 Å². The lowest BCUT2D eigenvalue weighted by Crippen LogP contribution is -2.11. The molecule has 5 nitrogen and oxygen atoms in total. The van der Waals surface area contributed by atoms with Gasteiger partial charge in [-0.3, -0.25) is 4.79 Å². The van der Waals surface area contributed by atoms with Crippen LogP contribution in [0.5, 0.6) is 11.5 Å². The molecule has 1 heterocycles. The van der Waals surface area contributed by atoms with Gasteiger partial charge < -0.3 is 20.1 Å². The SMILES string of the molecule is O=C(Nc1ccc(O)cc1)c1cc2ccc(OCc3ccccc3)cc2[nH]1. The predicted molar refractivity (Wildman–Crippen MR) is 105 cm³/mol. The van der Waals surface area contributed by atoms with Crippen LogP contribution in [0.3, 0.4) is 0 Å². The second kappa shape index (κ2) is 7.25. The van der Waals surface area contributed by atoms with E-state index < -0.39 is 0 Å². The first-order valence-electron chi connectivity index (χ1n) is 8.57. The zero-order chi connectivity index (χ0) is 18.6. The molecule has 0 saturated heterocycles. The molecule has 0 atom stereocenters. The summed E-state index contributed by atoms with van der Waals surface area (Å²) in [5, 5.41) is 13.0.